The van der Waals surface area contributed by atoms with Crippen LogP contribution in [-0.4, -0.2) is 30.1 Å². The van der Waals surface area contributed by atoms with Crippen molar-refractivity contribution in [3.05, 3.63) is 116 Å². The van der Waals surface area contributed by atoms with E-state index in [9.17, 15) is 9.59 Å². The van der Waals surface area contributed by atoms with Crippen LogP contribution < -0.4 is 16.6 Å². The van der Waals surface area contributed by atoms with E-state index < -0.39 is 11.9 Å². The summed E-state index contributed by atoms with van der Waals surface area (Å²) in [5, 5.41) is 8.53. The third-order valence-electron chi connectivity index (χ3n) is 6.99. The van der Waals surface area contributed by atoms with Gasteiger partial charge in [-0.25, -0.2) is 9.50 Å². The molecule has 1 atom stereocenters. The molecule has 3 N–H and O–H groups in total. The minimum Gasteiger partial charge on any atom is -0.381 e. The van der Waals surface area contributed by atoms with Crippen LogP contribution in [-0.2, 0) is 0 Å². The first-order valence-electron chi connectivity index (χ1n) is 13.4. The molecule has 0 saturated carbocycles. The average molecular weight is 574 g/mol. The summed E-state index contributed by atoms with van der Waals surface area (Å²) in [5.41, 5.74) is 11.0. The highest BCUT2D eigenvalue weighted by Crippen LogP contribution is 2.25. The molecule has 0 saturated heterocycles. The number of fused-ring (bicyclic) bond motifs is 2. The quantitative estimate of drug-likeness (QED) is 0.277. The topological polar surface area (TPSA) is 120 Å². The van der Waals surface area contributed by atoms with Crippen molar-refractivity contribution >= 4 is 39.5 Å². The fourth-order valence-electron chi connectivity index (χ4n) is 4.90. The summed E-state index contributed by atoms with van der Waals surface area (Å²) in [7, 11) is 0. The molecule has 10 heteroatoms. The molecule has 0 unspecified atom stereocenters. The number of hydrogen-bond donors (Lipinski definition) is 2. The number of nitrogen functional groups attached to an aromatic ring is 1. The lowest BCUT2D eigenvalue weighted by Gasteiger charge is -2.21. The molecule has 6 rings (SSSR count). The van der Waals surface area contributed by atoms with Gasteiger partial charge in [-0.15, -0.1) is 16.4 Å². The van der Waals surface area contributed by atoms with Gasteiger partial charge in [0.1, 0.15) is 5.56 Å². The van der Waals surface area contributed by atoms with Gasteiger partial charge in [-0.1, -0.05) is 50.1 Å². The van der Waals surface area contributed by atoms with Crippen molar-refractivity contribution in [3.63, 3.8) is 0 Å². The van der Waals surface area contributed by atoms with Crippen molar-refractivity contribution in [2.45, 2.75) is 32.7 Å². The SMILES string of the molecule is CC(C)c1ccn2nc(N)c(C(=O)N[C@H](C)c3cc4cccc(C#Cc5cncs5)c4c(=O)n3-c3ccccc3)c2n1. The van der Waals surface area contributed by atoms with Crippen molar-refractivity contribution in [2.75, 3.05) is 5.73 Å². The Balaban J connectivity index is 1.46. The number of thiazole rings is 1. The molecule has 1 amide bonds. The van der Waals surface area contributed by atoms with Gasteiger partial charge in [0, 0.05) is 28.8 Å². The Bertz CT molecular complexity index is 2070. The number of pyridine rings is 1. The zero-order valence-electron chi connectivity index (χ0n) is 23.2. The van der Waals surface area contributed by atoms with E-state index in [1.165, 1.54) is 15.9 Å². The summed E-state index contributed by atoms with van der Waals surface area (Å²) in [5.74, 6) is 6.07. The van der Waals surface area contributed by atoms with E-state index >= 15 is 0 Å². The number of aromatic nitrogens is 5. The van der Waals surface area contributed by atoms with Gasteiger partial charge in [-0.05, 0) is 54.5 Å². The standard InChI is InChI=1S/C32H27N7O2S/c1-19(2)25-14-15-38-30(36-25)28(29(33)37-38)31(40)35-20(3)26-16-22-9-7-8-21(12-13-24-17-34-18-42-24)27(22)32(41)39(26)23-10-5-4-6-11-23/h4-11,14-20H,1-3H3,(H2,33,37)(H,35,40)/t20-/m1/s1. The molecule has 4 heterocycles. The van der Waals surface area contributed by atoms with Crippen LogP contribution in [0.25, 0.3) is 22.1 Å². The van der Waals surface area contributed by atoms with E-state index in [1.54, 1.807) is 22.5 Å². The van der Waals surface area contributed by atoms with Crippen LogP contribution >= 0.6 is 11.3 Å². The number of benzene rings is 2. The number of nitrogens with two attached hydrogens (primary N) is 1. The highest BCUT2D eigenvalue weighted by Gasteiger charge is 2.24. The normalized spacial score (nSPS) is 11.9. The van der Waals surface area contributed by atoms with Crippen molar-refractivity contribution in [3.8, 4) is 17.5 Å². The molecule has 42 heavy (non-hydrogen) atoms. The Morgan fingerprint density at radius 1 is 1.05 bits per heavy atom. The molecule has 0 radical (unpaired) electrons. The zero-order chi connectivity index (χ0) is 29.4. The molecule has 0 aliphatic heterocycles. The van der Waals surface area contributed by atoms with Gasteiger partial charge in [0.25, 0.3) is 11.5 Å². The highest BCUT2D eigenvalue weighted by atomic mass is 32.1. The minimum absolute atomic E-state index is 0.0798. The molecular weight excluding hydrogens is 546 g/mol. The third kappa shape index (κ3) is 4.91. The summed E-state index contributed by atoms with van der Waals surface area (Å²) >= 11 is 1.44. The fourth-order valence-corrected chi connectivity index (χ4v) is 5.36. The Morgan fingerprint density at radius 2 is 1.86 bits per heavy atom. The second-order valence-electron chi connectivity index (χ2n) is 10.2. The Kier molecular flexibility index (Phi) is 7.02. The molecule has 2 aromatic carbocycles. The molecule has 0 aliphatic rings. The highest BCUT2D eigenvalue weighted by molar-refractivity contribution is 7.10. The smallest absolute Gasteiger partial charge is 0.264 e. The molecule has 0 bridgehead atoms. The van der Waals surface area contributed by atoms with Gasteiger partial charge in [0.2, 0.25) is 0 Å². The van der Waals surface area contributed by atoms with E-state index in [4.69, 9.17) is 5.73 Å². The molecule has 4 aromatic heterocycles. The van der Waals surface area contributed by atoms with E-state index in [1.807, 2.05) is 81.4 Å². The first kappa shape index (κ1) is 26.9. The maximum absolute atomic E-state index is 14.2. The van der Waals surface area contributed by atoms with Crippen molar-refractivity contribution in [2.24, 2.45) is 0 Å². The number of hydrogen-bond acceptors (Lipinski definition) is 7. The maximum Gasteiger partial charge on any atom is 0.264 e. The van der Waals surface area contributed by atoms with Crippen molar-refractivity contribution in [1.82, 2.24) is 29.5 Å². The lowest BCUT2D eigenvalue weighted by Crippen LogP contribution is -2.32. The van der Waals surface area contributed by atoms with Crippen molar-refractivity contribution < 1.29 is 4.79 Å². The van der Waals surface area contributed by atoms with E-state index in [2.05, 4.69) is 32.2 Å². The summed E-state index contributed by atoms with van der Waals surface area (Å²) in [4.78, 5) is 37.4. The lowest BCUT2D eigenvalue weighted by molar-refractivity contribution is 0.0941. The monoisotopic (exact) mass is 573 g/mol. The van der Waals surface area contributed by atoms with Crippen LogP contribution in [0.2, 0.25) is 0 Å². The van der Waals surface area contributed by atoms with Gasteiger partial charge in [0.05, 0.1) is 28.0 Å². The van der Waals surface area contributed by atoms with Crippen molar-refractivity contribution in [1.29, 1.82) is 0 Å². The van der Waals surface area contributed by atoms with Gasteiger partial charge < -0.3 is 11.1 Å². The number of anilines is 1. The second-order valence-corrected chi connectivity index (χ2v) is 11.0. The van der Waals surface area contributed by atoms with Crippen LogP contribution in [0, 0.1) is 11.8 Å². The number of amides is 1. The Morgan fingerprint density at radius 3 is 2.60 bits per heavy atom. The summed E-state index contributed by atoms with van der Waals surface area (Å²) in [6.07, 6.45) is 3.45. The number of nitrogens with zero attached hydrogens (tertiary/aromatic N) is 5. The van der Waals surface area contributed by atoms with Crippen LogP contribution in [0.3, 0.4) is 0 Å². The minimum atomic E-state index is -0.579. The molecule has 208 valence electrons. The number of para-hydroxylation sites is 1. The first-order chi connectivity index (χ1) is 20.3. The summed E-state index contributed by atoms with van der Waals surface area (Å²) < 4.78 is 3.13. The van der Waals surface area contributed by atoms with Crippen LogP contribution in [0.4, 0.5) is 5.82 Å². The average Bonchev–Trinajstić information content (AvgIpc) is 3.62. The molecule has 9 nitrogen and oxygen atoms in total. The van der Waals surface area contributed by atoms with Gasteiger partial charge in [-0.3, -0.25) is 19.1 Å². The van der Waals surface area contributed by atoms with Crippen LogP contribution in [0.15, 0.2) is 83.4 Å². The van der Waals surface area contributed by atoms with Gasteiger partial charge in [0.15, 0.2) is 11.5 Å². The predicted octanol–water partition coefficient (Wildman–Crippen LogP) is 5.09. The molecular formula is C32H27N7O2S. The predicted molar refractivity (Wildman–Crippen MR) is 165 cm³/mol. The van der Waals surface area contributed by atoms with E-state index in [0.29, 0.717) is 28.0 Å². The van der Waals surface area contributed by atoms with Gasteiger partial charge >= 0.3 is 0 Å². The third-order valence-corrected chi connectivity index (χ3v) is 7.67. The number of rotatable bonds is 5. The molecule has 6 aromatic rings. The molecule has 0 spiro atoms. The zero-order valence-corrected chi connectivity index (χ0v) is 24.0. The Labute approximate surface area is 245 Å². The van der Waals surface area contributed by atoms with E-state index in [-0.39, 0.29) is 22.9 Å². The number of carbonyl (C=O) groups excluding carboxylic acids is 1. The second kappa shape index (κ2) is 11.0. The lowest BCUT2D eigenvalue weighted by atomic mass is 10.0. The van der Waals surface area contributed by atoms with Gasteiger partial charge in [-0.2, -0.15) is 0 Å². The maximum atomic E-state index is 14.2. The fraction of sp³-hybridized carbons (Fsp3) is 0.156. The van der Waals surface area contributed by atoms with Crippen LogP contribution in [0.1, 0.15) is 64.9 Å². The van der Waals surface area contributed by atoms with Crippen LogP contribution in [0.5, 0.6) is 0 Å². The molecule has 0 fully saturated rings. The summed E-state index contributed by atoms with van der Waals surface area (Å²) in [6, 6.07) is 18.1. The molecule has 0 aliphatic carbocycles. The first-order valence-corrected chi connectivity index (χ1v) is 14.3. The van der Waals surface area contributed by atoms with E-state index in [0.717, 1.165) is 16.0 Å². The number of nitrogens with one attached hydrogen (secondary N) is 1. The largest absolute Gasteiger partial charge is 0.381 e. The Hall–Kier alpha value is -5.27. The summed E-state index contributed by atoms with van der Waals surface area (Å²) in [6.45, 7) is 5.89. The number of carbonyl (C=O) groups is 1.